The van der Waals surface area contributed by atoms with Crippen LogP contribution in [0.5, 0.6) is 5.75 Å². The third-order valence-electron chi connectivity index (χ3n) is 2.32. The van der Waals surface area contributed by atoms with Crippen LogP contribution in [0.25, 0.3) is 0 Å². The van der Waals surface area contributed by atoms with Gasteiger partial charge in [0.15, 0.2) is 5.75 Å². The van der Waals surface area contributed by atoms with Gasteiger partial charge in [-0.05, 0) is 0 Å². The number of benzene rings is 1. The molecule has 0 aliphatic carbocycles. The first-order valence-corrected chi connectivity index (χ1v) is 7.43. The molecule has 25 heavy (non-hydrogen) atoms. The van der Waals surface area contributed by atoms with E-state index in [9.17, 15) is 5.11 Å². The molecule has 2 fully saturated rings. The van der Waals surface area contributed by atoms with Crippen LogP contribution >= 0.6 is 58.0 Å². The van der Waals surface area contributed by atoms with Gasteiger partial charge in [-0.25, -0.2) is 0 Å². The van der Waals surface area contributed by atoms with Crippen molar-refractivity contribution in [3.8, 4) is 5.75 Å². The van der Waals surface area contributed by atoms with Crippen molar-refractivity contribution in [2.45, 2.75) is 0 Å². The summed E-state index contributed by atoms with van der Waals surface area (Å²) in [5.41, 5.74) is 0. The number of phenolic OH excluding ortho intramolecular Hbond substituents is 1. The van der Waals surface area contributed by atoms with E-state index >= 15 is 0 Å². The van der Waals surface area contributed by atoms with Crippen LogP contribution in [0.15, 0.2) is 0 Å². The predicted octanol–water partition coefficient (Wildman–Crippen LogP) is 0.207. The van der Waals surface area contributed by atoms with Gasteiger partial charge >= 0.3 is 58.8 Å². The van der Waals surface area contributed by atoms with Crippen molar-refractivity contribution in [3.05, 3.63) is 25.1 Å². The van der Waals surface area contributed by atoms with Gasteiger partial charge in [-0.3, -0.25) is 0 Å². The van der Waals surface area contributed by atoms with Gasteiger partial charge in [0.25, 0.3) is 0 Å². The molecule has 1 aromatic carbocycles. The number of hydrogen-bond donors (Lipinski definition) is 3. The van der Waals surface area contributed by atoms with Crippen LogP contribution < -0.4 is 0 Å². The Morgan fingerprint density at radius 1 is 0.600 bits per heavy atom. The quantitative estimate of drug-likeness (QED) is 0.281. The van der Waals surface area contributed by atoms with Gasteiger partial charge in [0.2, 0.25) is 0 Å². The van der Waals surface area contributed by atoms with Crippen molar-refractivity contribution in [2.24, 2.45) is 0 Å². The van der Waals surface area contributed by atoms with E-state index in [1.165, 1.54) is 0 Å². The molecule has 19 heteroatoms. The van der Waals surface area contributed by atoms with Gasteiger partial charge in [-0.1, -0.05) is 58.0 Å². The monoisotopic (exact) mass is 464 g/mol. The van der Waals surface area contributed by atoms with Crippen LogP contribution in [-0.2, 0) is 22.9 Å². The maximum absolute atomic E-state index is 9.20. The Morgan fingerprint density at radius 2 is 0.880 bits per heavy atom. The first-order chi connectivity index (χ1) is 10.7. The molecule has 0 amide bonds. The van der Waals surface area contributed by atoms with E-state index in [0.29, 0.717) is 0 Å². The zero-order valence-electron chi connectivity index (χ0n) is 11.1. The molecule has 0 saturated carbocycles. The van der Waals surface area contributed by atoms with Gasteiger partial charge in [0, 0.05) is 0 Å². The van der Waals surface area contributed by atoms with E-state index in [-0.39, 0.29) is 65.9 Å². The summed E-state index contributed by atoms with van der Waals surface area (Å²) in [6.45, 7) is 0. The van der Waals surface area contributed by atoms with Crippen molar-refractivity contribution in [2.75, 3.05) is 0 Å². The fourth-order valence-electron chi connectivity index (χ4n) is 1.32. The fourth-order valence-corrected chi connectivity index (χ4v) is 2.45. The summed E-state index contributed by atoms with van der Waals surface area (Å²) in [6.07, 6.45) is 0. The molecule has 2 heterocycles. The fraction of sp³-hybridized carbons (Fsp3) is 0. The molecule has 0 atom stereocenters. The summed E-state index contributed by atoms with van der Waals surface area (Å²) in [7, 11) is -5.20. The van der Waals surface area contributed by atoms with Gasteiger partial charge < -0.3 is 43.5 Å². The molecular formula is C6H6B4Cl5NaO9. The Labute approximate surface area is 189 Å². The first-order valence-electron chi connectivity index (χ1n) is 5.54. The predicted molar refractivity (Wildman–Crippen MR) is 96.8 cm³/mol. The van der Waals surface area contributed by atoms with Crippen LogP contribution in [0.1, 0.15) is 0 Å². The molecule has 3 rings (SSSR count). The number of phenols is 1. The van der Waals surface area contributed by atoms with Crippen molar-refractivity contribution < 1.29 is 43.5 Å². The molecule has 1 aromatic rings. The van der Waals surface area contributed by atoms with Gasteiger partial charge in [-0.15, -0.1) is 0 Å². The molecule has 2 aliphatic rings. The molecule has 0 unspecified atom stereocenters. The third-order valence-corrected chi connectivity index (χ3v) is 4.58. The summed E-state index contributed by atoms with van der Waals surface area (Å²) in [4.78, 5) is 0. The summed E-state index contributed by atoms with van der Waals surface area (Å²) in [6, 6.07) is 0. The van der Waals surface area contributed by atoms with Gasteiger partial charge in [0.1, 0.15) is 10.0 Å². The molecule has 9 nitrogen and oxygen atoms in total. The summed E-state index contributed by atoms with van der Waals surface area (Å²) >= 11 is 27.9. The molecule has 132 valence electrons. The van der Waals surface area contributed by atoms with E-state index in [1.54, 1.807) is 0 Å². The number of halogens is 5. The molecule has 2 aliphatic heterocycles. The van der Waals surface area contributed by atoms with Crippen molar-refractivity contribution in [1.82, 2.24) is 0 Å². The minimum atomic E-state index is -1.45. The Kier molecular flexibility index (Phi) is 12.1. The van der Waals surface area contributed by atoms with Gasteiger partial charge in [-0.2, -0.15) is 0 Å². The van der Waals surface area contributed by atoms with Gasteiger partial charge in [0.05, 0.1) is 15.1 Å². The number of aromatic hydroxyl groups is 1. The molecule has 2 bridgehead atoms. The van der Waals surface area contributed by atoms with E-state index in [0.717, 1.165) is 0 Å². The SMILES string of the molecule is O.OB1OB2OB(O)OB(O1)O2.Oc1c(Cl)c(Cl)c(Cl)c(Cl)c1Cl.[NaH]. The second-order valence-corrected chi connectivity index (χ2v) is 5.68. The molecular weight excluding hydrogens is 460 g/mol. The van der Waals surface area contributed by atoms with Crippen LogP contribution in [-0.4, -0.2) is 79.5 Å². The molecule has 2 saturated heterocycles. The standard InChI is InChI=1S/C6HCl5O.B4H2O7.Na.H2O.H/c7-1-2(8)4(10)6(12)5(11)3(1)9;5-1-7-3-9-2(6)10-4(8-1)11-3;;;/h12H;5-6H;;1H2;. The average Bonchev–Trinajstić information content (AvgIpc) is 2.48. The second kappa shape index (κ2) is 11.4. The Balaban J connectivity index is 0.000000427. The maximum atomic E-state index is 9.20. The van der Waals surface area contributed by atoms with Crippen molar-refractivity contribution >= 4 is 117 Å². The Morgan fingerprint density at radius 3 is 1.20 bits per heavy atom. The zero-order valence-corrected chi connectivity index (χ0v) is 14.9. The molecule has 5 N–H and O–H groups in total. The minimum absolute atomic E-state index is 0. The van der Waals surface area contributed by atoms with Crippen LogP contribution in [0.3, 0.4) is 0 Å². The number of rotatable bonds is 0. The van der Waals surface area contributed by atoms with Crippen LogP contribution in [0.2, 0.25) is 25.1 Å². The zero-order chi connectivity index (χ0) is 17.3. The van der Waals surface area contributed by atoms with E-state index < -0.39 is 29.3 Å². The van der Waals surface area contributed by atoms with Crippen molar-refractivity contribution in [3.63, 3.8) is 0 Å². The topological polar surface area (TPSA) is 138 Å². The van der Waals surface area contributed by atoms with Crippen LogP contribution in [0.4, 0.5) is 0 Å². The van der Waals surface area contributed by atoms with Crippen molar-refractivity contribution in [1.29, 1.82) is 0 Å². The summed E-state index contributed by atoms with van der Waals surface area (Å²) < 4.78 is 22.6. The molecule has 0 aromatic heterocycles. The van der Waals surface area contributed by atoms with E-state index in [1.807, 2.05) is 0 Å². The second-order valence-electron chi connectivity index (χ2n) is 3.79. The van der Waals surface area contributed by atoms with Crippen LogP contribution in [0, 0.1) is 0 Å². The van der Waals surface area contributed by atoms with E-state index in [4.69, 9.17) is 68.1 Å². The Bertz CT molecular complexity index is 466. The number of hydrogen-bond acceptors (Lipinski definition) is 8. The Hall–Kier alpha value is 1.41. The molecule has 0 spiro atoms. The summed E-state index contributed by atoms with van der Waals surface area (Å²) in [5.74, 6) is -0.363. The molecule has 0 radical (unpaired) electrons. The first kappa shape index (κ1) is 26.4. The average molecular weight is 466 g/mol. The van der Waals surface area contributed by atoms with E-state index in [2.05, 4.69) is 22.9 Å². The number of fused-ring (bicyclic) bond motifs is 2. The normalized spacial score (nSPS) is 15.8. The third kappa shape index (κ3) is 6.75. The summed E-state index contributed by atoms with van der Waals surface area (Å²) in [5, 5.41) is 26.5.